The van der Waals surface area contributed by atoms with Gasteiger partial charge < -0.3 is 14.8 Å². The molecule has 0 bridgehead atoms. The van der Waals surface area contributed by atoms with E-state index in [-0.39, 0.29) is 11.0 Å². The lowest BCUT2D eigenvalue weighted by Crippen LogP contribution is -2.34. The summed E-state index contributed by atoms with van der Waals surface area (Å²) < 4.78 is 11.3. The number of aromatic nitrogens is 3. The average Bonchev–Trinajstić information content (AvgIpc) is 3.36. The summed E-state index contributed by atoms with van der Waals surface area (Å²) in [6.07, 6.45) is 0. The number of hydrogen-bond acceptors (Lipinski definition) is 6. The number of carbonyl (C=O) groups excluding carboxylic acids is 1. The van der Waals surface area contributed by atoms with Crippen LogP contribution in [0.1, 0.15) is 28.4 Å². The van der Waals surface area contributed by atoms with Crippen molar-refractivity contribution in [1.29, 1.82) is 0 Å². The molecule has 0 saturated heterocycles. The lowest BCUT2D eigenvalue weighted by Gasteiger charge is -2.12. The minimum atomic E-state index is -0.317. The van der Waals surface area contributed by atoms with E-state index in [2.05, 4.69) is 20.8 Å². The highest BCUT2D eigenvalue weighted by molar-refractivity contribution is 7.80. The fourth-order valence-electron chi connectivity index (χ4n) is 3.93. The van der Waals surface area contributed by atoms with E-state index >= 15 is 0 Å². The Bertz CT molecular complexity index is 1600. The molecule has 5 aromatic rings. The van der Waals surface area contributed by atoms with E-state index in [1.807, 2.05) is 80.6 Å². The third-order valence-electron chi connectivity index (χ3n) is 5.95. The molecule has 39 heavy (non-hydrogen) atoms. The number of ether oxygens (including phenoxy) is 2. The highest BCUT2D eigenvalue weighted by Crippen LogP contribution is 2.23. The molecule has 2 N–H and O–H groups in total. The summed E-state index contributed by atoms with van der Waals surface area (Å²) >= 11 is 5.41. The van der Waals surface area contributed by atoms with Crippen molar-refractivity contribution in [3.63, 3.8) is 0 Å². The Morgan fingerprint density at radius 1 is 0.872 bits per heavy atom. The number of nitrogens with one attached hydrogen (secondary N) is 2. The van der Waals surface area contributed by atoms with Gasteiger partial charge in [0.1, 0.15) is 29.1 Å². The Morgan fingerprint density at radius 2 is 1.51 bits per heavy atom. The summed E-state index contributed by atoms with van der Waals surface area (Å²) in [7, 11) is 0. The Hall–Kier alpha value is -4.76. The second-order valence-electron chi connectivity index (χ2n) is 8.78. The second kappa shape index (κ2) is 11.7. The van der Waals surface area contributed by atoms with Gasteiger partial charge in [-0.1, -0.05) is 30.3 Å². The molecule has 1 amide bonds. The third kappa shape index (κ3) is 6.39. The number of amides is 1. The summed E-state index contributed by atoms with van der Waals surface area (Å²) in [5, 5.41) is 15.2. The zero-order valence-corrected chi connectivity index (χ0v) is 22.4. The average molecular weight is 538 g/mol. The van der Waals surface area contributed by atoms with Crippen molar-refractivity contribution in [3.8, 4) is 17.2 Å². The molecule has 0 fully saturated rings. The Morgan fingerprint density at radius 3 is 2.21 bits per heavy atom. The number of rotatable bonds is 8. The van der Waals surface area contributed by atoms with Crippen LogP contribution in [0, 0.1) is 6.92 Å². The lowest BCUT2D eigenvalue weighted by molar-refractivity contribution is 0.0977. The Balaban J connectivity index is 1.21. The number of aryl methyl sites for hydroxylation is 1. The summed E-state index contributed by atoms with van der Waals surface area (Å²) in [5.41, 5.74) is 5.45. The van der Waals surface area contributed by atoms with Gasteiger partial charge in [-0.15, -0.1) is 10.2 Å². The first-order valence-corrected chi connectivity index (χ1v) is 12.9. The van der Waals surface area contributed by atoms with E-state index in [1.54, 1.807) is 29.1 Å². The Kier molecular flexibility index (Phi) is 7.79. The molecule has 8 nitrogen and oxygen atoms in total. The van der Waals surface area contributed by atoms with Gasteiger partial charge in [0.25, 0.3) is 5.91 Å². The topological polar surface area (TPSA) is 90.3 Å². The monoisotopic (exact) mass is 537 g/mol. The molecule has 196 valence electrons. The predicted molar refractivity (Wildman–Crippen MR) is 156 cm³/mol. The maximum absolute atomic E-state index is 12.7. The molecule has 0 atom stereocenters. The summed E-state index contributed by atoms with van der Waals surface area (Å²) in [4.78, 5) is 14.3. The molecule has 1 heterocycles. The van der Waals surface area contributed by atoms with Crippen molar-refractivity contribution in [2.45, 2.75) is 20.5 Å². The number of carbonyl (C=O) groups is 1. The first-order chi connectivity index (χ1) is 19.0. The molecular formula is C30H27N5O3S. The van der Waals surface area contributed by atoms with Gasteiger partial charge in [-0.25, -0.2) is 0 Å². The quantitative estimate of drug-likeness (QED) is 0.241. The van der Waals surface area contributed by atoms with Crippen LogP contribution in [0.15, 0.2) is 91.0 Å². The van der Waals surface area contributed by atoms with Crippen LogP contribution in [-0.4, -0.2) is 32.6 Å². The number of nitrogens with zero attached hydrogens (tertiary/aromatic N) is 3. The summed E-state index contributed by atoms with van der Waals surface area (Å²) in [6.45, 7) is 4.95. The van der Waals surface area contributed by atoms with Crippen LogP contribution in [0.3, 0.4) is 0 Å². The number of thiocarbonyl (C=S) groups is 1. The first-order valence-electron chi connectivity index (χ1n) is 12.5. The van der Waals surface area contributed by atoms with E-state index in [0.717, 1.165) is 33.8 Å². The maximum atomic E-state index is 12.7. The van der Waals surface area contributed by atoms with E-state index in [0.29, 0.717) is 30.0 Å². The number of hydrogen-bond donors (Lipinski definition) is 2. The Labute approximate surface area is 231 Å². The van der Waals surface area contributed by atoms with E-state index < -0.39 is 0 Å². The largest absolute Gasteiger partial charge is 0.494 e. The van der Waals surface area contributed by atoms with E-state index in [9.17, 15) is 4.79 Å². The van der Waals surface area contributed by atoms with Crippen molar-refractivity contribution in [3.05, 3.63) is 108 Å². The van der Waals surface area contributed by atoms with Gasteiger partial charge in [-0.3, -0.25) is 10.1 Å². The van der Waals surface area contributed by atoms with Gasteiger partial charge in [0, 0.05) is 11.3 Å². The zero-order chi connectivity index (χ0) is 27.2. The fraction of sp³-hybridized carbons (Fsp3) is 0.133. The fourth-order valence-corrected chi connectivity index (χ4v) is 4.14. The lowest BCUT2D eigenvalue weighted by atomic mass is 10.2. The smallest absolute Gasteiger partial charge is 0.257 e. The second-order valence-corrected chi connectivity index (χ2v) is 9.19. The molecule has 0 radical (unpaired) electrons. The van der Waals surface area contributed by atoms with Gasteiger partial charge in [-0.2, -0.15) is 4.80 Å². The van der Waals surface area contributed by atoms with Gasteiger partial charge >= 0.3 is 0 Å². The van der Waals surface area contributed by atoms with Gasteiger partial charge in [-0.05, 0) is 97.9 Å². The van der Waals surface area contributed by atoms with Crippen LogP contribution >= 0.6 is 12.2 Å². The molecule has 1 aromatic heterocycles. The van der Waals surface area contributed by atoms with Crippen LogP contribution in [0.5, 0.6) is 11.5 Å². The highest BCUT2D eigenvalue weighted by atomic mass is 32.1. The van der Waals surface area contributed by atoms with Crippen molar-refractivity contribution < 1.29 is 14.3 Å². The minimum Gasteiger partial charge on any atom is -0.494 e. The number of benzene rings is 4. The molecule has 4 aromatic carbocycles. The highest BCUT2D eigenvalue weighted by Gasteiger charge is 2.12. The molecule has 5 rings (SSSR count). The molecule has 0 aliphatic carbocycles. The van der Waals surface area contributed by atoms with Crippen molar-refractivity contribution in [1.82, 2.24) is 20.3 Å². The van der Waals surface area contributed by atoms with Crippen molar-refractivity contribution >= 4 is 40.0 Å². The maximum Gasteiger partial charge on any atom is 0.257 e. The molecule has 0 spiro atoms. The third-order valence-corrected chi connectivity index (χ3v) is 6.15. The molecule has 0 unspecified atom stereocenters. The number of fused-ring (bicyclic) bond motifs is 1. The SMILES string of the molecule is CCOc1ccc(-n2nc3cc(C)c(NC(=S)NC(=O)c4ccc(OCc5ccccc5)cc4)cc3n2)cc1. The standard InChI is InChI=1S/C30H27N5O3S/c1-3-37-24-15-11-23(12-16-24)35-33-27-17-20(2)26(18-28(27)34-35)31-30(39)32-29(36)22-9-13-25(14-10-22)38-19-21-7-5-4-6-8-21/h4-18H,3,19H2,1-2H3,(H2,31,32,36,39). The van der Waals surface area contributed by atoms with Gasteiger partial charge in [0.05, 0.1) is 12.3 Å². The molecule has 0 aliphatic heterocycles. The zero-order valence-electron chi connectivity index (χ0n) is 21.5. The first kappa shape index (κ1) is 25.9. The van der Waals surface area contributed by atoms with Crippen LogP contribution in [0.4, 0.5) is 5.69 Å². The van der Waals surface area contributed by atoms with Crippen LogP contribution in [0.2, 0.25) is 0 Å². The summed E-state index contributed by atoms with van der Waals surface area (Å²) in [5.74, 6) is 1.16. The summed E-state index contributed by atoms with van der Waals surface area (Å²) in [6, 6.07) is 28.2. The predicted octanol–water partition coefficient (Wildman–Crippen LogP) is 5.83. The molecule has 9 heteroatoms. The van der Waals surface area contributed by atoms with Crippen LogP contribution in [-0.2, 0) is 6.61 Å². The molecule has 0 aliphatic rings. The minimum absolute atomic E-state index is 0.186. The molecular weight excluding hydrogens is 510 g/mol. The van der Waals surface area contributed by atoms with Gasteiger partial charge in [0.15, 0.2) is 5.11 Å². The normalized spacial score (nSPS) is 10.7. The van der Waals surface area contributed by atoms with E-state index in [1.165, 1.54) is 0 Å². The van der Waals surface area contributed by atoms with Crippen LogP contribution < -0.4 is 20.1 Å². The molecule has 0 saturated carbocycles. The number of anilines is 1. The van der Waals surface area contributed by atoms with Crippen molar-refractivity contribution in [2.24, 2.45) is 0 Å². The van der Waals surface area contributed by atoms with Crippen molar-refractivity contribution in [2.75, 3.05) is 11.9 Å². The van der Waals surface area contributed by atoms with Crippen LogP contribution in [0.25, 0.3) is 16.7 Å². The van der Waals surface area contributed by atoms with Gasteiger partial charge in [0.2, 0.25) is 0 Å². The van der Waals surface area contributed by atoms with E-state index in [4.69, 9.17) is 21.7 Å².